The van der Waals surface area contributed by atoms with Gasteiger partial charge in [-0.3, -0.25) is 4.68 Å². The van der Waals surface area contributed by atoms with Gasteiger partial charge in [-0.2, -0.15) is 5.10 Å². The van der Waals surface area contributed by atoms with E-state index >= 15 is 0 Å². The Hall–Kier alpha value is -1.89. The first-order valence-electron chi connectivity index (χ1n) is 6.67. The molecule has 0 bridgehead atoms. The fraction of sp³-hybridized carbons (Fsp3) is 0.462. The molecule has 2 aromatic heterocycles. The van der Waals surface area contributed by atoms with Gasteiger partial charge in [-0.05, 0) is 24.8 Å². The fourth-order valence-corrected chi connectivity index (χ4v) is 2.42. The summed E-state index contributed by atoms with van der Waals surface area (Å²) in [6.07, 6.45) is 2.55. The lowest BCUT2D eigenvalue weighted by atomic mass is 10.3. The summed E-state index contributed by atoms with van der Waals surface area (Å²) in [6.45, 7) is 4.28. The lowest BCUT2D eigenvalue weighted by molar-refractivity contribution is 0.697. The van der Waals surface area contributed by atoms with Gasteiger partial charge in [0.05, 0.1) is 0 Å². The van der Waals surface area contributed by atoms with E-state index in [2.05, 4.69) is 50.1 Å². The lowest BCUT2D eigenvalue weighted by Crippen LogP contribution is -2.38. The molecule has 0 saturated carbocycles. The number of rotatable bonds is 6. The van der Waals surface area contributed by atoms with Crippen molar-refractivity contribution in [2.45, 2.75) is 19.9 Å². The van der Waals surface area contributed by atoms with Gasteiger partial charge in [-0.15, -0.1) is 11.3 Å². The summed E-state index contributed by atoms with van der Waals surface area (Å²) in [5.41, 5.74) is 0. The molecule has 2 heterocycles. The summed E-state index contributed by atoms with van der Waals surface area (Å²) in [7, 11) is 1.87. The minimum atomic E-state index is 0.519. The lowest BCUT2D eigenvalue weighted by Gasteiger charge is -2.10. The number of guanidine groups is 1. The van der Waals surface area contributed by atoms with Gasteiger partial charge in [0.15, 0.2) is 5.96 Å². The van der Waals surface area contributed by atoms with Crippen LogP contribution in [0.25, 0.3) is 0 Å². The Morgan fingerprint density at radius 2 is 2.35 bits per heavy atom. The molecule has 2 aromatic rings. The number of hydrogen-bond acceptors (Lipinski definition) is 4. The highest BCUT2D eigenvalue weighted by Gasteiger charge is 2.01. The first kappa shape index (κ1) is 14.5. The second kappa shape index (κ2) is 7.64. The predicted molar refractivity (Wildman–Crippen MR) is 81.8 cm³/mol. The van der Waals surface area contributed by atoms with Crippen LogP contribution in [-0.2, 0) is 20.0 Å². The van der Waals surface area contributed by atoms with Crippen molar-refractivity contribution in [3.63, 3.8) is 0 Å². The van der Waals surface area contributed by atoms with E-state index in [0.29, 0.717) is 6.54 Å². The third-order valence-corrected chi connectivity index (χ3v) is 3.71. The summed E-state index contributed by atoms with van der Waals surface area (Å²) >= 11 is 1.78. The van der Waals surface area contributed by atoms with Crippen LogP contribution in [0.4, 0.5) is 0 Å². The quantitative estimate of drug-likeness (QED) is 0.619. The molecule has 2 rings (SSSR count). The highest BCUT2D eigenvalue weighted by molar-refractivity contribution is 7.09. The van der Waals surface area contributed by atoms with Crippen molar-refractivity contribution < 1.29 is 0 Å². The average molecular weight is 292 g/mol. The number of aromatic nitrogens is 3. The molecule has 0 unspecified atom stereocenters. The van der Waals surface area contributed by atoms with E-state index in [4.69, 9.17) is 0 Å². The van der Waals surface area contributed by atoms with Gasteiger partial charge >= 0.3 is 0 Å². The zero-order chi connectivity index (χ0) is 14.2. The highest BCUT2D eigenvalue weighted by Crippen LogP contribution is 2.07. The van der Waals surface area contributed by atoms with Gasteiger partial charge in [-0.25, -0.2) is 9.98 Å². The molecule has 0 aliphatic rings. The van der Waals surface area contributed by atoms with Gasteiger partial charge in [0.25, 0.3) is 0 Å². The number of aryl methyl sites for hydroxylation is 1. The Morgan fingerprint density at radius 3 is 3.00 bits per heavy atom. The first-order valence-corrected chi connectivity index (χ1v) is 7.55. The molecule has 0 amide bonds. The predicted octanol–water partition coefficient (Wildman–Crippen LogP) is 1.17. The van der Waals surface area contributed by atoms with Crippen molar-refractivity contribution >= 4 is 17.3 Å². The van der Waals surface area contributed by atoms with Gasteiger partial charge < -0.3 is 10.6 Å². The second-order valence-electron chi connectivity index (χ2n) is 4.25. The maximum atomic E-state index is 4.51. The van der Waals surface area contributed by atoms with E-state index in [1.807, 2.05) is 7.05 Å². The van der Waals surface area contributed by atoms with E-state index in [1.165, 1.54) is 4.88 Å². The van der Waals surface area contributed by atoms with Crippen molar-refractivity contribution in [1.82, 2.24) is 25.4 Å². The largest absolute Gasteiger partial charge is 0.357 e. The molecule has 20 heavy (non-hydrogen) atoms. The zero-order valence-electron chi connectivity index (χ0n) is 11.8. The minimum Gasteiger partial charge on any atom is -0.357 e. The number of nitrogens with zero attached hydrogens (tertiary/aromatic N) is 4. The molecule has 7 heteroatoms. The Balaban J connectivity index is 1.84. The molecule has 0 fully saturated rings. The fourth-order valence-electron chi connectivity index (χ4n) is 1.71. The molecule has 0 aliphatic heterocycles. The van der Waals surface area contributed by atoms with E-state index in [0.717, 1.165) is 31.3 Å². The van der Waals surface area contributed by atoms with Crippen LogP contribution in [-0.4, -0.2) is 33.8 Å². The van der Waals surface area contributed by atoms with Crippen molar-refractivity contribution in [3.8, 4) is 0 Å². The van der Waals surface area contributed by atoms with Crippen molar-refractivity contribution in [2.24, 2.45) is 12.0 Å². The third-order valence-electron chi connectivity index (χ3n) is 2.77. The molecular formula is C13H20N6S. The molecule has 0 saturated heterocycles. The number of thiophene rings is 1. The molecule has 6 nitrogen and oxygen atoms in total. The van der Waals surface area contributed by atoms with Crippen molar-refractivity contribution in [3.05, 3.63) is 34.5 Å². The number of nitrogens with one attached hydrogen (secondary N) is 2. The summed E-state index contributed by atoms with van der Waals surface area (Å²) < 4.78 is 1.73. The number of aliphatic imine (C=N–C) groups is 1. The normalized spacial score (nSPS) is 11.6. The van der Waals surface area contributed by atoms with Crippen LogP contribution in [0.1, 0.15) is 17.6 Å². The maximum absolute atomic E-state index is 4.51. The maximum Gasteiger partial charge on any atom is 0.191 e. The van der Waals surface area contributed by atoms with Gasteiger partial charge in [0.2, 0.25) is 0 Å². The van der Waals surface area contributed by atoms with E-state index in [9.17, 15) is 0 Å². The van der Waals surface area contributed by atoms with Crippen LogP contribution in [0.2, 0.25) is 0 Å². The van der Waals surface area contributed by atoms with Crippen LogP contribution in [0, 0.1) is 0 Å². The average Bonchev–Trinajstić information content (AvgIpc) is 3.08. The van der Waals surface area contributed by atoms with Crippen molar-refractivity contribution in [2.75, 3.05) is 13.1 Å². The molecule has 108 valence electrons. The van der Waals surface area contributed by atoms with Crippen LogP contribution in [0.5, 0.6) is 0 Å². The smallest absolute Gasteiger partial charge is 0.191 e. The van der Waals surface area contributed by atoms with Crippen molar-refractivity contribution in [1.29, 1.82) is 0 Å². The topological polar surface area (TPSA) is 67.1 Å². The zero-order valence-corrected chi connectivity index (χ0v) is 12.7. The first-order chi connectivity index (χ1) is 9.79. The molecule has 0 atom stereocenters. The molecule has 0 spiro atoms. The molecule has 0 radical (unpaired) electrons. The van der Waals surface area contributed by atoms with Crippen LogP contribution in [0.3, 0.4) is 0 Å². The monoisotopic (exact) mass is 292 g/mol. The summed E-state index contributed by atoms with van der Waals surface area (Å²) in [4.78, 5) is 10.0. The second-order valence-corrected chi connectivity index (χ2v) is 5.28. The SMILES string of the molecule is CCNC(=NCc1ncnn1C)NCCc1cccs1. The standard InChI is InChI=1S/C13H20N6S/c1-3-14-13(15-7-6-11-5-4-8-20-11)16-9-12-17-10-18-19(12)2/h4-5,8,10H,3,6-7,9H2,1-2H3,(H2,14,15,16). The Labute approximate surface area is 123 Å². The van der Waals surface area contributed by atoms with Crippen LogP contribution < -0.4 is 10.6 Å². The molecular weight excluding hydrogens is 272 g/mol. The van der Waals surface area contributed by atoms with E-state index in [1.54, 1.807) is 22.3 Å². The van der Waals surface area contributed by atoms with Crippen LogP contribution >= 0.6 is 11.3 Å². The van der Waals surface area contributed by atoms with Gasteiger partial charge in [0, 0.05) is 25.0 Å². The molecule has 0 aromatic carbocycles. The van der Waals surface area contributed by atoms with E-state index < -0.39 is 0 Å². The van der Waals surface area contributed by atoms with Gasteiger partial charge in [-0.1, -0.05) is 6.07 Å². The molecule has 0 aliphatic carbocycles. The van der Waals surface area contributed by atoms with Gasteiger partial charge in [0.1, 0.15) is 18.7 Å². The molecule has 2 N–H and O–H groups in total. The van der Waals surface area contributed by atoms with E-state index in [-0.39, 0.29) is 0 Å². The Bertz CT molecular complexity index is 531. The minimum absolute atomic E-state index is 0.519. The summed E-state index contributed by atoms with van der Waals surface area (Å²) in [6, 6.07) is 4.23. The Morgan fingerprint density at radius 1 is 1.45 bits per heavy atom. The summed E-state index contributed by atoms with van der Waals surface area (Å²) in [5, 5.41) is 12.7. The Kier molecular flexibility index (Phi) is 5.55. The third kappa shape index (κ3) is 4.34. The highest BCUT2D eigenvalue weighted by atomic mass is 32.1. The number of hydrogen-bond donors (Lipinski definition) is 2. The van der Waals surface area contributed by atoms with Crippen LogP contribution in [0.15, 0.2) is 28.8 Å². The summed E-state index contributed by atoms with van der Waals surface area (Å²) in [5.74, 6) is 1.66.